The summed E-state index contributed by atoms with van der Waals surface area (Å²) >= 11 is 9.90. The van der Waals surface area contributed by atoms with Gasteiger partial charge in [0.15, 0.2) is 23.6 Å². The van der Waals surface area contributed by atoms with E-state index in [1.807, 2.05) is 28.3 Å². The van der Waals surface area contributed by atoms with Crippen molar-refractivity contribution in [3.63, 3.8) is 0 Å². The number of halogens is 1. The smallest absolute Gasteiger partial charge is 0.352 e. The number of nitrogens with zero attached hydrogens (tertiary/aromatic N) is 4. The van der Waals surface area contributed by atoms with Crippen LogP contribution in [0.25, 0.3) is 10.2 Å². The zero-order valence-electron chi connectivity index (χ0n) is 19.0. The molecule has 2 aliphatic rings. The summed E-state index contributed by atoms with van der Waals surface area (Å²) in [5, 5.41) is 18.6. The molecule has 3 aromatic rings. The fraction of sp³-hybridized carbons (Fsp3) is 0.238. The number of thiazole rings is 1. The fourth-order valence-corrected chi connectivity index (χ4v) is 7.36. The molecule has 0 spiro atoms. The summed E-state index contributed by atoms with van der Waals surface area (Å²) in [7, 11) is 1.25. The molecule has 12 nitrogen and oxygen atoms in total. The van der Waals surface area contributed by atoms with Gasteiger partial charge in [0, 0.05) is 22.8 Å². The van der Waals surface area contributed by atoms with Crippen LogP contribution in [0.1, 0.15) is 5.69 Å². The molecule has 16 heteroatoms. The first kappa shape index (κ1) is 25.3. The maximum atomic E-state index is 13.1. The average Bonchev–Trinajstić information content (AvgIpc) is 3.41. The number of hydrogen-bond acceptors (Lipinski definition) is 11. The number of nitrogens with one attached hydrogen (secondary N) is 1. The van der Waals surface area contributed by atoms with Crippen LogP contribution in [0.2, 0.25) is 4.34 Å². The number of nitrogen functional groups attached to an aromatic ring is 2. The number of anilines is 2. The molecule has 0 bridgehead atoms. The number of fused-ring (bicyclic) bond motifs is 2. The van der Waals surface area contributed by atoms with Crippen molar-refractivity contribution in [1.82, 2.24) is 15.2 Å². The third kappa shape index (κ3) is 4.37. The molecule has 1 unspecified atom stereocenters. The number of aliphatic carboxylic acids is 1. The van der Waals surface area contributed by atoms with E-state index < -0.39 is 29.2 Å². The topological polar surface area (TPSA) is 177 Å². The number of carboxylic acid groups (broad SMARTS) is 1. The number of amides is 2. The highest BCUT2D eigenvalue weighted by Gasteiger charge is 2.55. The number of thiophene rings is 1. The van der Waals surface area contributed by atoms with Gasteiger partial charge in [0.25, 0.3) is 16.6 Å². The molecule has 1 fully saturated rings. The van der Waals surface area contributed by atoms with Crippen LogP contribution in [0, 0.1) is 0 Å². The van der Waals surface area contributed by atoms with Gasteiger partial charge in [-0.3, -0.25) is 14.5 Å². The summed E-state index contributed by atoms with van der Waals surface area (Å²) in [5.41, 5.74) is 12.6. The Morgan fingerprint density at radius 1 is 1.43 bits per heavy atom. The number of nitrogens with two attached hydrogens (primary N) is 2. The van der Waals surface area contributed by atoms with E-state index >= 15 is 0 Å². The molecule has 5 heterocycles. The van der Waals surface area contributed by atoms with E-state index in [1.165, 1.54) is 35.1 Å². The van der Waals surface area contributed by atoms with Gasteiger partial charge in [0.2, 0.25) is 0 Å². The zero-order chi connectivity index (χ0) is 26.4. The number of rotatable bonds is 7. The molecule has 37 heavy (non-hydrogen) atoms. The minimum atomic E-state index is -1.22. The summed E-state index contributed by atoms with van der Waals surface area (Å²) in [5.74, 6) is -2.18. The maximum absolute atomic E-state index is 13.1. The molecule has 3 aromatic heterocycles. The Labute approximate surface area is 226 Å². The first-order valence-electron chi connectivity index (χ1n) is 10.6. The molecule has 1 saturated heterocycles. The van der Waals surface area contributed by atoms with Gasteiger partial charge in [-0.25, -0.2) is 9.78 Å². The van der Waals surface area contributed by atoms with Crippen LogP contribution in [0.5, 0.6) is 0 Å². The number of carbonyl (C=O) groups is 3. The molecule has 192 valence electrons. The first-order valence-corrected chi connectivity index (χ1v) is 13.7. The van der Waals surface area contributed by atoms with Crippen molar-refractivity contribution in [1.29, 1.82) is 0 Å². The lowest BCUT2D eigenvalue weighted by Gasteiger charge is -2.49. The number of carbonyl (C=O) groups excluding carboxylic acids is 2. The standard InChI is InChI=1S/C21H18ClN7O5S3/c1-34-27-12(11-15(22)37-21(24)26-11)16(30)25-13-17(31)29-14(20(32)33)8(6-35-19(13)29)5-28-4-2-3-9-10(23)7-36-18(9)28/h2-4,7,13,19H,5-6,23H2,1H3,(H3-,24,25,26,30,32,33)/p+1/b27-12-/t13?,19-/m1/s1. The summed E-state index contributed by atoms with van der Waals surface area (Å²) in [6.45, 7) is 0.272. The Bertz CT molecular complexity index is 1520. The van der Waals surface area contributed by atoms with E-state index in [1.54, 1.807) is 0 Å². The van der Waals surface area contributed by atoms with Crippen LogP contribution in [-0.2, 0) is 25.8 Å². The summed E-state index contributed by atoms with van der Waals surface area (Å²) in [6.07, 6.45) is 1.84. The lowest BCUT2D eigenvalue weighted by Crippen LogP contribution is -2.71. The summed E-state index contributed by atoms with van der Waals surface area (Å²) in [6, 6.07) is 2.77. The van der Waals surface area contributed by atoms with Gasteiger partial charge >= 0.3 is 5.97 Å². The minimum Gasteiger partial charge on any atom is -0.477 e. The highest BCUT2D eigenvalue weighted by molar-refractivity contribution is 8.00. The first-order chi connectivity index (χ1) is 17.7. The molecule has 0 saturated carbocycles. The number of pyridine rings is 1. The quantitative estimate of drug-likeness (QED) is 0.139. The fourth-order valence-electron chi connectivity index (χ4n) is 4.16. The van der Waals surface area contributed by atoms with Gasteiger partial charge in [0.05, 0.1) is 11.1 Å². The predicted molar refractivity (Wildman–Crippen MR) is 141 cm³/mol. The monoisotopic (exact) mass is 580 g/mol. The number of thioether (sulfide) groups is 1. The van der Waals surface area contributed by atoms with Crippen LogP contribution in [0.3, 0.4) is 0 Å². The molecule has 0 aliphatic carbocycles. The lowest BCUT2D eigenvalue weighted by atomic mass is 10.0. The summed E-state index contributed by atoms with van der Waals surface area (Å²) in [4.78, 5) is 49.2. The van der Waals surface area contributed by atoms with Crippen molar-refractivity contribution in [2.75, 3.05) is 24.3 Å². The largest absolute Gasteiger partial charge is 0.477 e. The van der Waals surface area contributed by atoms with Gasteiger partial charge in [-0.05, 0) is 6.07 Å². The van der Waals surface area contributed by atoms with E-state index in [0.29, 0.717) is 17.0 Å². The number of hydrogen-bond donors (Lipinski definition) is 4. The van der Waals surface area contributed by atoms with E-state index in [0.717, 1.165) is 21.6 Å². The lowest BCUT2D eigenvalue weighted by molar-refractivity contribution is -0.661. The maximum Gasteiger partial charge on any atom is 0.352 e. The zero-order valence-corrected chi connectivity index (χ0v) is 22.2. The number of oxime groups is 1. The Balaban J connectivity index is 1.39. The number of carboxylic acids is 1. The van der Waals surface area contributed by atoms with Gasteiger partial charge in [-0.1, -0.05) is 39.4 Å². The second-order valence-electron chi connectivity index (χ2n) is 7.96. The minimum absolute atomic E-state index is 0.0252. The second kappa shape index (κ2) is 9.81. The molecule has 5 rings (SSSR count). The summed E-state index contributed by atoms with van der Waals surface area (Å²) < 4.78 is 2.05. The Morgan fingerprint density at radius 3 is 2.89 bits per heavy atom. The number of β-lactam (4-membered cyclic amide) rings is 1. The average molecular weight is 581 g/mol. The Kier molecular flexibility index (Phi) is 6.70. The molecular formula is C21H19ClN7O5S3+. The predicted octanol–water partition coefficient (Wildman–Crippen LogP) is 1.25. The van der Waals surface area contributed by atoms with Crippen LogP contribution < -0.4 is 21.4 Å². The Hall–Kier alpha value is -3.40. The molecule has 0 radical (unpaired) electrons. The molecule has 2 aliphatic heterocycles. The van der Waals surface area contributed by atoms with Gasteiger partial charge < -0.3 is 26.7 Å². The van der Waals surface area contributed by atoms with Crippen molar-refractivity contribution in [3.8, 4) is 0 Å². The highest BCUT2D eigenvalue weighted by Crippen LogP contribution is 2.40. The molecular weight excluding hydrogens is 562 g/mol. The molecule has 2 atom stereocenters. The van der Waals surface area contributed by atoms with E-state index in [4.69, 9.17) is 27.9 Å². The highest BCUT2D eigenvalue weighted by atomic mass is 35.5. The van der Waals surface area contributed by atoms with Crippen LogP contribution >= 0.6 is 46.0 Å². The van der Waals surface area contributed by atoms with Crippen molar-refractivity contribution in [3.05, 3.63) is 45.0 Å². The SMILES string of the molecule is CO/N=C(\C(=O)NC1C(=O)N2C(C(=O)O)=C(C[n+]3cccc4c(N)csc43)CS[C@H]12)c1nc(N)sc1Cl. The molecule has 0 aromatic carbocycles. The third-order valence-electron chi connectivity index (χ3n) is 5.75. The van der Waals surface area contributed by atoms with Gasteiger partial charge in [0.1, 0.15) is 34.3 Å². The van der Waals surface area contributed by atoms with E-state index in [-0.39, 0.29) is 33.1 Å². The van der Waals surface area contributed by atoms with Crippen molar-refractivity contribution >= 4 is 90.6 Å². The normalized spacial score (nSPS) is 19.6. The van der Waals surface area contributed by atoms with E-state index in [2.05, 4.69) is 15.5 Å². The second-order valence-corrected chi connectivity index (χ2v) is 11.6. The van der Waals surface area contributed by atoms with Crippen molar-refractivity contribution in [2.45, 2.75) is 18.0 Å². The van der Waals surface area contributed by atoms with Crippen molar-refractivity contribution in [2.24, 2.45) is 5.16 Å². The third-order valence-corrected chi connectivity index (χ3v) is 9.22. The molecule has 6 N–H and O–H groups in total. The van der Waals surface area contributed by atoms with Crippen LogP contribution in [0.4, 0.5) is 10.8 Å². The Morgan fingerprint density at radius 2 is 2.22 bits per heavy atom. The van der Waals surface area contributed by atoms with Gasteiger partial charge in [-0.15, -0.1) is 11.8 Å². The van der Waals surface area contributed by atoms with Gasteiger partial charge in [-0.2, -0.15) is 4.57 Å². The van der Waals surface area contributed by atoms with Crippen molar-refractivity contribution < 1.29 is 28.9 Å². The molecule has 2 amide bonds. The van der Waals surface area contributed by atoms with Crippen LogP contribution in [0.15, 0.2) is 40.1 Å². The van der Waals surface area contributed by atoms with E-state index in [9.17, 15) is 19.5 Å². The number of aromatic nitrogens is 2. The van der Waals surface area contributed by atoms with Crippen LogP contribution in [-0.4, -0.2) is 62.8 Å².